The Morgan fingerprint density at radius 1 is 1.32 bits per heavy atom. The van der Waals surface area contributed by atoms with Crippen molar-refractivity contribution >= 4 is 33.3 Å². The SMILES string of the molecule is CCCCC1CCCc2c1sc1c(N3CC[C@@H](NC)C3)nc(N)nc21. The molecule has 0 aromatic carbocycles. The number of hydrogen-bond donors (Lipinski definition) is 2. The van der Waals surface area contributed by atoms with Crippen LogP contribution in [-0.4, -0.2) is 36.1 Å². The maximum atomic E-state index is 6.11. The van der Waals surface area contributed by atoms with Crippen LogP contribution in [0.15, 0.2) is 0 Å². The molecule has 2 aromatic rings. The number of nitrogens with zero attached hydrogens (tertiary/aromatic N) is 3. The lowest BCUT2D eigenvalue weighted by Gasteiger charge is -2.21. The number of nitrogens with one attached hydrogen (secondary N) is 1. The van der Waals surface area contributed by atoms with Crippen LogP contribution < -0.4 is 16.0 Å². The fourth-order valence-corrected chi connectivity index (χ4v) is 5.87. The Labute approximate surface area is 154 Å². The second-order valence-corrected chi connectivity index (χ2v) is 8.53. The molecule has 0 spiro atoms. The monoisotopic (exact) mass is 359 g/mol. The van der Waals surface area contributed by atoms with Crippen LogP contribution in [0, 0.1) is 0 Å². The third-order valence-electron chi connectivity index (χ3n) is 5.81. The van der Waals surface area contributed by atoms with E-state index in [2.05, 4.69) is 27.1 Å². The molecule has 1 aliphatic heterocycles. The van der Waals surface area contributed by atoms with Gasteiger partial charge in [-0.05, 0) is 50.6 Å². The maximum Gasteiger partial charge on any atom is 0.222 e. The molecule has 5 nitrogen and oxygen atoms in total. The molecule has 3 N–H and O–H groups in total. The second-order valence-electron chi connectivity index (χ2n) is 7.48. The van der Waals surface area contributed by atoms with E-state index in [9.17, 15) is 0 Å². The summed E-state index contributed by atoms with van der Waals surface area (Å²) in [6.07, 6.45) is 8.80. The highest BCUT2D eigenvalue weighted by molar-refractivity contribution is 7.20. The van der Waals surface area contributed by atoms with Gasteiger partial charge in [0, 0.05) is 24.0 Å². The van der Waals surface area contributed by atoms with Crippen molar-refractivity contribution in [1.82, 2.24) is 15.3 Å². The number of nitrogens with two attached hydrogens (primary N) is 1. The van der Waals surface area contributed by atoms with Crippen LogP contribution in [0.1, 0.15) is 61.8 Å². The predicted molar refractivity (Wildman–Crippen MR) is 107 cm³/mol. The summed E-state index contributed by atoms with van der Waals surface area (Å²) in [6.45, 7) is 4.33. The molecule has 136 valence electrons. The normalized spacial score (nSPS) is 23.4. The number of fused-ring (bicyclic) bond motifs is 3. The predicted octanol–water partition coefficient (Wildman–Crippen LogP) is 3.68. The van der Waals surface area contributed by atoms with Crippen LogP contribution in [0.2, 0.25) is 0 Å². The third-order valence-corrected chi connectivity index (χ3v) is 7.19. The molecule has 3 heterocycles. The number of likely N-dealkylation sites (N-methyl/N-ethyl adjacent to an activating group) is 1. The van der Waals surface area contributed by atoms with E-state index in [4.69, 9.17) is 5.73 Å². The van der Waals surface area contributed by atoms with E-state index in [-0.39, 0.29) is 0 Å². The number of hydrogen-bond acceptors (Lipinski definition) is 6. The Hall–Kier alpha value is -1.40. The quantitative estimate of drug-likeness (QED) is 0.852. The molecule has 4 rings (SSSR count). The Bertz CT molecular complexity index is 756. The Balaban J connectivity index is 1.76. The summed E-state index contributed by atoms with van der Waals surface area (Å²) >= 11 is 1.95. The van der Waals surface area contributed by atoms with Gasteiger partial charge in [0.25, 0.3) is 0 Å². The van der Waals surface area contributed by atoms with Crippen LogP contribution in [0.4, 0.5) is 11.8 Å². The number of unbranched alkanes of at least 4 members (excludes halogenated alkanes) is 1. The lowest BCUT2D eigenvalue weighted by atomic mass is 9.86. The fraction of sp³-hybridized carbons (Fsp3) is 0.684. The number of aryl methyl sites for hydroxylation is 1. The minimum absolute atomic E-state index is 0.423. The van der Waals surface area contributed by atoms with Gasteiger partial charge >= 0.3 is 0 Å². The van der Waals surface area contributed by atoms with Crippen LogP contribution in [0.5, 0.6) is 0 Å². The molecule has 0 saturated carbocycles. The van der Waals surface area contributed by atoms with Gasteiger partial charge < -0.3 is 16.0 Å². The first-order valence-electron chi connectivity index (χ1n) is 9.72. The van der Waals surface area contributed by atoms with Gasteiger partial charge in [-0.25, -0.2) is 4.98 Å². The van der Waals surface area contributed by atoms with E-state index >= 15 is 0 Å². The summed E-state index contributed by atoms with van der Waals surface area (Å²) in [5.41, 5.74) is 8.71. The summed E-state index contributed by atoms with van der Waals surface area (Å²) in [6, 6.07) is 0.540. The van der Waals surface area contributed by atoms with Crippen molar-refractivity contribution in [1.29, 1.82) is 0 Å². The van der Waals surface area contributed by atoms with Gasteiger partial charge in [-0.1, -0.05) is 19.8 Å². The van der Waals surface area contributed by atoms with E-state index in [1.807, 2.05) is 18.4 Å². The summed E-state index contributed by atoms with van der Waals surface area (Å²) in [5.74, 6) is 2.20. The largest absolute Gasteiger partial charge is 0.368 e. The van der Waals surface area contributed by atoms with Crippen molar-refractivity contribution in [2.75, 3.05) is 30.8 Å². The Morgan fingerprint density at radius 3 is 2.96 bits per heavy atom. The van der Waals surface area contributed by atoms with E-state index in [0.717, 1.165) is 37.3 Å². The molecule has 2 aliphatic rings. The van der Waals surface area contributed by atoms with Crippen LogP contribution in [0.25, 0.3) is 10.2 Å². The number of aromatic nitrogens is 2. The molecule has 1 saturated heterocycles. The van der Waals surface area contributed by atoms with E-state index < -0.39 is 0 Å². The average Bonchev–Trinajstić information content (AvgIpc) is 3.24. The molecule has 1 fully saturated rings. The standard InChI is InChI=1S/C19H29N5S/c1-3-4-6-12-7-5-8-14-15-17(25-16(12)14)18(23-19(20)22-15)24-10-9-13(11-24)21-2/h12-13,21H,3-11H2,1-2H3,(H2,20,22,23)/t12?,13-/m1/s1. The summed E-state index contributed by atoms with van der Waals surface area (Å²) in [5, 5.41) is 3.39. The summed E-state index contributed by atoms with van der Waals surface area (Å²) in [4.78, 5) is 13.3. The third kappa shape index (κ3) is 3.10. The second kappa shape index (κ2) is 7.08. The molecule has 25 heavy (non-hydrogen) atoms. The molecule has 0 radical (unpaired) electrons. The van der Waals surface area contributed by atoms with Gasteiger partial charge in [-0.2, -0.15) is 4.98 Å². The highest BCUT2D eigenvalue weighted by atomic mass is 32.1. The van der Waals surface area contributed by atoms with E-state index in [0.29, 0.717) is 17.9 Å². The first-order chi connectivity index (χ1) is 12.2. The van der Waals surface area contributed by atoms with Crippen molar-refractivity contribution in [2.24, 2.45) is 0 Å². The van der Waals surface area contributed by atoms with Gasteiger partial charge in [0.15, 0.2) is 5.82 Å². The van der Waals surface area contributed by atoms with Crippen molar-refractivity contribution in [3.05, 3.63) is 10.4 Å². The highest BCUT2D eigenvalue weighted by Gasteiger charge is 2.30. The van der Waals surface area contributed by atoms with Gasteiger partial charge in [0.2, 0.25) is 5.95 Å². The molecule has 2 atom stereocenters. The number of thiophene rings is 1. The van der Waals surface area contributed by atoms with Gasteiger partial charge in [-0.3, -0.25) is 0 Å². The zero-order valence-corrected chi connectivity index (χ0v) is 16.2. The first-order valence-corrected chi connectivity index (χ1v) is 10.5. The van der Waals surface area contributed by atoms with E-state index in [1.54, 1.807) is 4.88 Å². The van der Waals surface area contributed by atoms with E-state index in [1.165, 1.54) is 42.4 Å². The van der Waals surface area contributed by atoms with Crippen LogP contribution in [-0.2, 0) is 6.42 Å². The Kier molecular flexibility index (Phi) is 4.82. The average molecular weight is 360 g/mol. The van der Waals surface area contributed by atoms with Crippen molar-refractivity contribution in [2.45, 2.75) is 63.8 Å². The smallest absolute Gasteiger partial charge is 0.222 e. The van der Waals surface area contributed by atoms with Crippen molar-refractivity contribution in [3.63, 3.8) is 0 Å². The highest BCUT2D eigenvalue weighted by Crippen LogP contribution is 2.46. The number of anilines is 2. The molecule has 0 bridgehead atoms. The molecule has 6 heteroatoms. The van der Waals surface area contributed by atoms with Crippen molar-refractivity contribution in [3.8, 4) is 0 Å². The topological polar surface area (TPSA) is 67.1 Å². The molecular formula is C19H29N5S. The van der Waals surface area contributed by atoms with Crippen LogP contribution >= 0.6 is 11.3 Å². The number of rotatable bonds is 5. The molecular weight excluding hydrogens is 330 g/mol. The summed E-state index contributed by atoms with van der Waals surface area (Å²) < 4.78 is 1.26. The molecule has 2 aromatic heterocycles. The summed E-state index contributed by atoms with van der Waals surface area (Å²) in [7, 11) is 2.04. The lowest BCUT2D eigenvalue weighted by Crippen LogP contribution is -2.30. The van der Waals surface area contributed by atoms with Gasteiger partial charge in [0.1, 0.15) is 0 Å². The molecule has 1 aliphatic carbocycles. The van der Waals surface area contributed by atoms with Crippen LogP contribution in [0.3, 0.4) is 0 Å². The molecule has 0 amide bonds. The lowest BCUT2D eigenvalue weighted by molar-refractivity contribution is 0.511. The first kappa shape index (κ1) is 17.0. The van der Waals surface area contributed by atoms with Gasteiger partial charge in [0.05, 0.1) is 10.2 Å². The van der Waals surface area contributed by atoms with Crippen molar-refractivity contribution < 1.29 is 0 Å². The minimum atomic E-state index is 0.423. The maximum absolute atomic E-state index is 6.11. The van der Waals surface area contributed by atoms with Gasteiger partial charge in [-0.15, -0.1) is 11.3 Å². The zero-order chi connectivity index (χ0) is 17.4. The molecule has 1 unspecified atom stereocenters. The fourth-order valence-electron chi connectivity index (χ4n) is 4.40. The Morgan fingerprint density at radius 2 is 2.20 bits per heavy atom. The minimum Gasteiger partial charge on any atom is -0.368 e. The zero-order valence-electron chi connectivity index (χ0n) is 15.3. The number of nitrogen functional groups attached to an aromatic ring is 1.